The molecular formula is C18H18FNO2S. The van der Waals surface area contributed by atoms with Gasteiger partial charge in [0.2, 0.25) is 5.91 Å². The van der Waals surface area contributed by atoms with Crippen LogP contribution in [-0.4, -0.2) is 18.3 Å². The van der Waals surface area contributed by atoms with Crippen molar-refractivity contribution in [1.82, 2.24) is 5.32 Å². The zero-order valence-corrected chi connectivity index (χ0v) is 13.8. The third kappa shape index (κ3) is 3.34. The Labute approximate surface area is 139 Å². The van der Waals surface area contributed by atoms with Crippen molar-refractivity contribution in [3.8, 4) is 5.75 Å². The van der Waals surface area contributed by atoms with Crippen LogP contribution in [0.1, 0.15) is 24.1 Å². The van der Waals surface area contributed by atoms with Crippen LogP contribution in [0.4, 0.5) is 4.39 Å². The van der Waals surface area contributed by atoms with E-state index in [2.05, 4.69) is 11.4 Å². The second-order valence-electron chi connectivity index (χ2n) is 5.54. The molecule has 5 heteroatoms. The highest BCUT2D eigenvalue weighted by Gasteiger charge is 2.28. The molecule has 1 amide bonds. The van der Waals surface area contributed by atoms with Gasteiger partial charge in [-0.1, -0.05) is 24.3 Å². The number of ether oxygens (including phenoxy) is 1. The van der Waals surface area contributed by atoms with Crippen molar-refractivity contribution < 1.29 is 13.9 Å². The zero-order valence-electron chi connectivity index (χ0n) is 13.0. The summed E-state index contributed by atoms with van der Waals surface area (Å²) in [5.41, 5.74) is 1.93. The van der Waals surface area contributed by atoms with Crippen molar-refractivity contribution in [1.29, 1.82) is 0 Å². The second-order valence-corrected chi connectivity index (χ2v) is 6.79. The van der Waals surface area contributed by atoms with Gasteiger partial charge in [-0.15, -0.1) is 11.8 Å². The molecule has 0 fully saturated rings. The predicted molar refractivity (Wildman–Crippen MR) is 89.3 cm³/mol. The van der Waals surface area contributed by atoms with Gasteiger partial charge in [0.05, 0.1) is 18.4 Å². The SMILES string of the molecule is COc1ccc(C(C)NC(=O)C2Cc3ccccc3S2)cc1F. The Morgan fingerprint density at radius 1 is 1.35 bits per heavy atom. The Bertz CT molecular complexity index is 710. The summed E-state index contributed by atoms with van der Waals surface area (Å²) in [6.07, 6.45) is 0.733. The molecule has 0 saturated carbocycles. The first-order chi connectivity index (χ1) is 11.1. The van der Waals surface area contributed by atoms with Gasteiger partial charge in [0.25, 0.3) is 0 Å². The number of amides is 1. The lowest BCUT2D eigenvalue weighted by atomic mass is 10.1. The molecule has 2 aromatic rings. The van der Waals surface area contributed by atoms with Crippen LogP contribution in [0.3, 0.4) is 0 Å². The number of benzene rings is 2. The smallest absolute Gasteiger partial charge is 0.234 e. The molecule has 0 saturated heterocycles. The van der Waals surface area contributed by atoms with Crippen molar-refractivity contribution >= 4 is 17.7 Å². The standard InChI is InChI=1S/C18H18FNO2S/c1-11(12-7-8-15(22-2)14(19)9-12)20-18(21)17-10-13-5-3-4-6-16(13)23-17/h3-9,11,17H,10H2,1-2H3,(H,20,21). The minimum Gasteiger partial charge on any atom is -0.494 e. The van der Waals surface area contributed by atoms with Gasteiger partial charge in [0.15, 0.2) is 11.6 Å². The van der Waals surface area contributed by atoms with Gasteiger partial charge >= 0.3 is 0 Å². The number of rotatable bonds is 4. The number of carbonyl (C=O) groups excluding carboxylic acids is 1. The first-order valence-corrected chi connectivity index (χ1v) is 8.35. The summed E-state index contributed by atoms with van der Waals surface area (Å²) >= 11 is 1.58. The fourth-order valence-corrected chi connectivity index (χ4v) is 3.87. The summed E-state index contributed by atoms with van der Waals surface area (Å²) < 4.78 is 18.7. The van der Waals surface area contributed by atoms with Gasteiger partial charge in [0, 0.05) is 4.90 Å². The Kier molecular flexibility index (Phi) is 4.57. The zero-order chi connectivity index (χ0) is 16.4. The van der Waals surface area contributed by atoms with Crippen LogP contribution >= 0.6 is 11.8 Å². The molecule has 0 aliphatic carbocycles. The van der Waals surface area contributed by atoms with Gasteiger partial charge in [-0.25, -0.2) is 4.39 Å². The van der Waals surface area contributed by atoms with Crippen LogP contribution in [-0.2, 0) is 11.2 Å². The lowest BCUT2D eigenvalue weighted by Gasteiger charge is -2.17. The third-order valence-electron chi connectivity index (χ3n) is 3.97. The lowest BCUT2D eigenvalue weighted by molar-refractivity contribution is -0.121. The average molecular weight is 331 g/mol. The topological polar surface area (TPSA) is 38.3 Å². The van der Waals surface area contributed by atoms with Crippen LogP contribution in [0.2, 0.25) is 0 Å². The van der Waals surface area contributed by atoms with Gasteiger partial charge in [-0.3, -0.25) is 4.79 Å². The van der Waals surface area contributed by atoms with E-state index in [1.165, 1.54) is 18.7 Å². The monoisotopic (exact) mass is 331 g/mol. The maximum Gasteiger partial charge on any atom is 0.234 e. The molecule has 23 heavy (non-hydrogen) atoms. The van der Waals surface area contributed by atoms with E-state index in [4.69, 9.17) is 4.74 Å². The number of methoxy groups -OCH3 is 1. The summed E-state index contributed by atoms with van der Waals surface area (Å²) in [6.45, 7) is 1.85. The highest BCUT2D eigenvalue weighted by molar-refractivity contribution is 8.01. The van der Waals surface area contributed by atoms with E-state index in [9.17, 15) is 9.18 Å². The molecule has 1 aliphatic heterocycles. The van der Waals surface area contributed by atoms with E-state index in [-0.39, 0.29) is 22.9 Å². The number of fused-ring (bicyclic) bond motifs is 1. The second kappa shape index (κ2) is 6.62. The minimum atomic E-state index is -0.422. The van der Waals surface area contributed by atoms with E-state index in [1.807, 2.05) is 25.1 Å². The van der Waals surface area contributed by atoms with Crippen LogP contribution in [0.25, 0.3) is 0 Å². The Morgan fingerprint density at radius 2 is 2.13 bits per heavy atom. The number of carbonyl (C=O) groups is 1. The molecule has 1 aliphatic rings. The van der Waals surface area contributed by atoms with Crippen molar-refractivity contribution in [2.75, 3.05) is 7.11 Å². The van der Waals surface area contributed by atoms with E-state index in [1.54, 1.807) is 23.9 Å². The molecule has 0 bridgehead atoms. The first kappa shape index (κ1) is 15.9. The molecule has 3 rings (SSSR count). The van der Waals surface area contributed by atoms with Crippen molar-refractivity contribution in [2.24, 2.45) is 0 Å². The molecule has 2 unspecified atom stereocenters. The number of hydrogen-bond acceptors (Lipinski definition) is 3. The molecule has 2 atom stereocenters. The van der Waals surface area contributed by atoms with Crippen LogP contribution in [0.15, 0.2) is 47.4 Å². The molecule has 1 N–H and O–H groups in total. The van der Waals surface area contributed by atoms with Gasteiger partial charge < -0.3 is 10.1 Å². The Balaban J connectivity index is 1.65. The predicted octanol–water partition coefficient (Wildman–Crippen LogP) is 3.73. The van der Waals surface area contributed by atoms with Gasteiger partial charge in [-0.05, 0) is 42.7 Å². The number of halogens is 1. The van der Waals surface area contributed by atoms with E-state index >= 15 is 0 Å². The number of hydrogen-bond donors (Lipinski definition) is 1. The largest absolute Gasteiger partial charge is 0.494 e. The third-order valence-corrected chi connectivity index (χ3v) is 5.29. The quantitative estimate of drug-likeness (QED) is 0.928. The van der Waals surface area contributed by atoms with Gasteiger partial charge in [0.1, 0.15) is 0 Å². The lowest BCUT2D eigenvalue weighted by Crippen LogP contribution is -2.34. The van der Waals surface area contributed by atoms with Crippen LogP contribution in [0.5, 0.6) is 5.75 Å². The fourth-order valence-electron chi connectivity index (χ4n) is 2.67. The normalized spacial score (nSPS) is 17.4. The van der Waals surface area contributed by atoms with Crippen molar-refractivity contribution in [3.05, 3.63) is 59.4 Å². The number of nitrogens with one attached hydrogen (secondary N) is 1. The van der Waals surface area contributed by atoms with E-state index in [0.717, 1.165) is 16.9 Å². The highest BCUT2D eigenvalue weighted by atomic mass is 32.2. The molecule has 3 nitrogen and oxygen atoms in total. The first-order valence-electron chi connectivity index (χ1n) is 7.47. The maximum atomic E-state index is 13.8. The summed E-state index contributed by atoms with van der Waals surface area (Å²) in [7, 11) is 1.43. The summed E-state index contributed by atoms with van der Waals surface area (Å²) in [4.78, 5) is 13.6. The number of thioether (sulfide) groups is 1. The van der Waals surface area contributed by atoms with Gasteiger partial charge in [-0.2, -0.15) is 0 Å². The molecule has 1 heterocycles. The Morgan fingerprint density at radius 3 is 2.83 bits per heavy atom. The molecule has 0 radical (unpaired) electrons. The minimum absolute atomic E-state index is 0.0186. The fraction of sp³-hybridized carbons (Fsp3) is 0.278. The molecular weight excluding hydrogens is 313 g/mol. The average Bonchev–Trinajstić information content (AvgIpc) is 2.99. The molecule has 0 spiro atoms. The Hall–Kier alpha value is -2.01. The molecule has 120 valence electrons. The molecule has 2 aromatic carbocycles. The van der Waals surface area contributed by atoms with E-state index in [0.29, 0.717) is 0 Å². The van der Waals surface area contributed by atoms with Crippen molar-refractivity contribution in [2.45, 2.75) is 29.5 Å². The maximum absolute atomic E-state index is 13.8. The summed E-state index contributed by atoms with van der Waals surface area (Å²) in [6, 6.07) is 12.6. The highest BCUT2D eigenvalue weighted by Crippen LogP contribution is 2.37. The van der Waals surface area contributed by atoms with Crippen LogP contribution in [0, 0.1) is 5.82 Å². The van der Waals surface area contributed by atoms with Crippen LogP contribution < -0.4 is 10.1 Å². The molecule has 0 aromatic heterocycles. The summed E-state index contributed by atoms with van der Waals surface area (Å²) in [5.74, 6) is -0.238. The van der Waals surface area contributed by atoms with Crippen molar-refractivity contribution in [3.63, 3.8) is 0 Å². The van der Waals surface area contributed by atoms with E-state index < -0.39 is 5.82 Å². The summed E-state index contributed by atoms with van der Waals surface area (Å²) in [5, 5.41) is 2.84.